The van der Waals surface area contributed by atoms with Crippen LogP contribution >= 0.6 is 0 Å². The zero-order chi connectivity index (χ0) is 16.3. The third kappa shape index (κ3) is 3.38. The van der Waals surface area contributed by atoms with Gasteiger partial charge in [-0.15, -0.1) is 0 Å². The van der Waals surface area contributed by atoms with Crippen molar-refractivity contribution in [3.05, 3.63) is 36.3 Å². The lowest BCUT2D eigenvalue weighted by Crippen LogP contribution is -2.45. The Labute approximate surface area is 135 Å². The largest absolute Gasteiger partial charge is 0.396 e. The number of aromatic nitrogens is 2. The van der Waals surface area contributed by atoms with E-state index in [1.165, 1.54) is 0 Å². The van der Waals surface area contributed by atoms with Crippen LogP contribution in [0.5, 0.6) is 0 Å². The van der Waals surface area contributed by atoms with Crippen molar-refractivity contribution in [2.45, 2.75) is 19.3 Å². The number of carbonyl (C=O) groups is 1. The Morgan fingerprint density at radius 3 is 2.96 bits per heavy atom. The number of fused-ring (bicyclic) bond motifs is 1. The molecule has 3 heterocycles. The maximum atomic E-state index is 12.6. The van der Waals surface area contributed by atoms with Gasteiger partial charge in [0.1, 0.15) is 5.65 Å². The van der Waals surface area contributed by atoms with Gasteiger partial charge in [-0.25, -0.2) is 4.98 Å². The third-order valence-electron chi connectivity index (χ3n) is 4.71. The molecule has 2 aromatic rings. The summed E-state index contributed by atoms with van der Waals surface area (Å²) in [6.45, 7) is 1.94. The smallest absolute Gasteiger partial charge is 0.228 e. The molecule has 6 nitrogen and oxygen atoms in total. The van der Waals surface area contributed by atoms with Gasteiger partial charge in [0.25, 0.3) is 0 Å². The number of nitrogens with zero attached hydrogens (tertiary/aromatic N) is 3. The van der Waals surface area contributed by atoms with E-state index in [1.54, 1.807) is 18.1 Å². The number of ether oxygens (including phenoxy) is 1. The van der Waals surface area contributed by atoms with Gasteiger partial charge in [0.15, 0.2) is 0 Å². The number of hydrogen-bond donors (Lipinski definition) is 1. The van der Waals surface area contributed by atoms with Crippen molar-refractivity contribution in [2.75, 3.05) is 33.4 Å². The second kappa shape index (κ2) is 6.68. The molecule has 1 aliphatic heterocycles. The minimum absolute atomic E-state index is 0.0370. The number of aliphatic hydroxyl groups is 1. The van der Waals surface area contributed by atoms with E-state index in [0.717, 1.165) is 24.2 Å². The topological polar surface area (TPSA) is 67.1 Å². The molecular weight excluding hydrogens is 294 g/mol. The molecule has 0 spiro atoms. The average molecular weight is 317 g/mol. The summed E-state index contributed by atoms with van der Waals surface area (Å²) in [5.41, 5.74) is 1.49. The molecule has 1 N–H and O–H groups in total. The summed E-state index contributed by atoms with van der Waals surface area (Å²) in [6.07, 6.45) is 5.54. The van der Waals surface area contributed by atoms with E-state index < -0.39 is 0 Å². The van der Waals surface area contributed by atoms with E-state index in [0.29, 0.717) is 26.2 Å². The van der Waals surface area contributed by atoms with Gasteiger partial charge in [0.2, 0.25) is 5.91 Å². The van der Waals surface area contributed by atoms with Crippen LogP contribution in [0.1, 0.15) is 18.5 Å². The predicted molar refractivity (Wildman–Crippen MR) is 86.1 cm³/mol. The molecule has 1 aliphatic rings. The van der Waals surface area contributed by atoms with Crippen molar-refractivity contribution in [2.24, 2.45) is 5.41 Å². The van der Waals surface area contributed by atoms with Gasteiger partial charge in [-0.2, -0.15) is 0 Å². The summed E-state index contributed by atoms with van der Waals surface area (Å²) in [5, 5.41) is 9.76. The fraction of sp³-hybridized carbons (Fsp3) is 0.529. The first-order valence-corrected chi connectivity index (χ1v) is 7.97. The van der Waals surface area contributed by atoms with Crippen molar-refractivity contribution in [1.82, 2.24) is 14.3 Å². The molecule has 0 radical (unpaired) electrons. The van der Waals surface area contributed by atoms with E-state index in [-0.39, 0.29) is 17.9 Å². The first kappa shape index (κ1) is 16.0. The lowest BCUT2D eigenvalue weighted by molar-refractivity contribution is -0.132. The molecule has 124 valence electrons. The maximum Gasteiger partial charge on any atom is 0.228 e. The lowest BCUT2D eigenvalue weighted by Gasteiger charge is -2.38. The molecule has 1 saturated heterocycles. The Morgan fingerprint density at radius 2 is 2.22 bits per heavy atom. The van der Waals surface area contributed by atoms with Gasteiger partial charge in [-0.05, 0) is 25.0 Å². The second-order valence-electron chi connectivity index (χ2n) is 6.38. The summed E-state index contributed by atoms with van der Waals surface area (Å²) in [7, 11) is 1.80. The molecule has 2 aromatic heterocycles. The van der Waals surface area contributed by atoms with Crippen LogP contribution in [0.4, 0.5) is 0 Å². The van der Waals surface area contributed by atoms with Crippen LogP contribution in [0, 0.1) is 5.41 Å². The third-order valence-corrected chi connectivity index (χ3v) is 4.71. The molecule has 23 heavy (non-hydrogen) atoms. The Hall–Kier alpha value is -1.92. The van der Waals surface area contributed by atoms with E-state index in [4.69, 9.17) is 4.74 Å². The SMILES string of the molecule is CN(CC1(CO)CCOCC1)C(=O)Cc1cnc2ccccn12. The number of pyridine rings is 1. The highest BCUT2D eigenvalue weighted by molar-refractivity contribution is 5.78. The lowest BCUT2D eigenvalue weighted by atomic mass is 9.80. The fourth-order valence-corrected chi connectivity index (χ4v) is 3.17. The van der Waals surface area contributed by atoms with Crippen LogP contribution < -0.4 is 0 Å². The molecule has 0 unspecified atom stereocenters. The first-order valence-electron chi connectivity index (χ1n) is 7.97. The Balaban J connectivity index is 1.67. The van der Waals surface area contributed by atoms with Crippen LogP contribution in [-0.4, -0.2) is 58.7 Å². The monoisotopic (exact) mass is 317 g/mol. The highest BCUT2D eigenvalue weighted by Crippen LogP contribution is 2.30. The zero-order valence-electron chi connectivity index (χ0n) is 13.4. The minimum atomic E-state index is -0.234. The Kier molecular flexibility index (Phi) is 4.63. The number of carbonyl (C=O) groups excluding carboxylic acids is 1. The highest BCUT2D eigenvalue weighted by Gasteiger charge is 2.34. The van der Waals surface area contributed by atoms with E-state index >= 15 is 0 Å². The van der Waals surface area contributed by atoms with Gasteiger partial charge in [0, 0.05) is 44.6 Å². The van der Waals surface area contributed by atoms with Crippen molar-refractivity contribution < 1.29 is 14.6 Å². The van der Waals surface area contributed by atoms with Crippen molar-refractivity contribution in [3.8, 4) is 0 Å². The molecule has 1 fully saturated rings. The number of amides is 1. The minimum Gasteiger partial charge on any atom is -0.396 e. The van der Waals surface area contributed by atoms with Gasteiger partial charge in [0.05, 0.1) is 18.7 Å². The molecular formula is C17H23N3O3. The molecule has 0 atom stereocenters. The van der Waals surface area contributed by atoms with Crippen LogP contribution in [0.15, 0.2) is 30.6 Å². The summed E-state index contributed by atoms with van der Waals surface area (Å²) in [4.78, 5) is 18.6. The van der Waals surface area contributed by atoms with Crippen molar-refractivity contribution >= 4 is 11.6 Å². The molecule has 0 aromatic carbocycles. The molecule has 0 bridgehead atoms. The van der Waals surface area contributed by atoms with Crippen LogP contribution in [-0.2, 0) is 16.0 Å². The molecule has 1 amide bonds. The fourth-order valence-electron chi connectivity index (χ4n) is 3.17. The predicted octanol–water partition coefficient (Wildman–Crippen LogP) is 1.12. The first-order chi connectivity index (χ1) is 11.1. The van der Waals surface area contributed by atoms with Gasteiger partial charge < -0.3 is 19.1 Å². The van der Waals surface area contributed by atoms with Gasteiger partial charge in [-0.3, -0.25) is 4.79 Å². The molecule has 0 saturated carbocycles. The molecule has 0 aliphatic carbocycles. The van der Waals surface area contributed by atoms with Gasteiger partial charge >= 0.3 is 0 Å². The number of rotatable bonds is 5. The quantitative estimate of drug-likeness (QED) is 0.897. The second-order valence-corrected chi connectivity index (χ2v) is 6.38. The van der Waals surface area contributed by atoms with E-state index in [2.05, 4.69) is 4.98 Å². The Morgan fingerprint density at radius 1 is 1.43 bits per heavy atom. The number of aliphatic hydroxyl groups excluding tert-OH is 1. The van der Waals surface area contributed by atoms with Crippen LogP contribution in [0.2, 0.25) is 0 Å². The Bertz CT molecular complexity index is 677. The number of hydrogen-bond acceptors (Lipinski definition) is 4. The van der Waals surface area contributed by atoms with Crippen LogP contribution in [0.25, 0.3) is 5.65 Å². The van der Waals surface area contributed by atoms with Gasteiger partial charge in [-0.1, -0.05) is 6.07 Å². The van der Waals surface area contributed by atoms with Crippen molar-refractivity contribution in [3.63, 3.8) is 0 Å². The maximum absolute atomic E-state index is 12.6. The normalized spacial score (nSPS) is 17.3. The molecule has 3 rings (SSSR count). The summed E-state index contributed by atoms with van der Waals surface area (Å²) < 4.78 is 7.31. The standard InChI is InChI=1S/C17H23N3O3/c1-19(12-17(13-21)5-8-23-9-6-17)16(22)10-14-11-18-15-4-2-3-7-20(14)15/h2-4,7,11,21H,5-6,8-10,12-13H2,1H3. The number of likely N-dealkylation sites (N-methyl/N-ethyl adjacent to an activating group) is 1. The molecule has 6 heteroatoms. The summed E-state index contributed by atoms with van der Waals surface area (Å²) in [5.74, 6) is 0.0370. The van der Waals surface area contributed by atoms with Crippen LogP contribution in [0.3, 0.4) is 0 Å². The average Bonchev–Trinajstić information content (AvgIpc) is 2.99. The summed E-state index contributed by atoms with van der Waals surface area (Å²) in [6, 6.07) is 5.77. The number of imidazole rings is 1. The summed E-state index contributed by atoms with van der Waals surface area (Å²) >= 11 is 0. The van der Waals surface area contributed by atoms with Crippen molar-refractivity contribution in [1.29, 1.82) is 0 Å². The zero-order valence-corrected chi connectivity index (χ0v) is 13.4. The highest BCUT2D eigenvalue weighted by atomic mass is 16.5. The van der Waals surface area contributed by atoms with E-state index in [1.807, 2.05) is 28.8 Å². The van der Waals surface area contributed by atoms with E-state index in [9.17, 15) is 9.90 Å².